The van der Waals surface area contributed by atoms with Crippen LogP contribution in [0.15, 0.2) is 54.6 Å². The molecule has 0 radical (unpaired) electrons. The molecule has 0 bridgehead atoms. The Morgan fingerprint density at radius 1 is 1.00 bits per heavy atom. The van der Waals surface area contributed by atoms with E-state index in [0.717, 1.165) is 5.56 Å². The highest BCUT2D eigenvalue weighted by molar-refractivity contribution is 5.82. The molecule has 0 unspecified atom stereocenters. The van der Waals surface area contributed by atoms with Gasteiger partial charge in [0.15, 0.2) is 6.61 Å². The van der Waals surface area contributed by atoms with Crippen LogP contribution >= 0.6 is 0 Å². The van der Waals surface area contributed by atoms with E-state index in [-0.39, 0.29) is 19.1 Å². The van der Waals surface area contributed by atoms with Crippen LogP contribution in [0.2, 0.25) is 0 Å². The molecule has 132 valence electrons. The van der Waals surface area contributed by atoms with Crippen LogP contribution < -0.4 is 9.47 Å². The Hall–Kier alpha value is -3.02. The van der Waals surface area contributed by atoms with E-state index in [0.29, 0.717) is 24.5 Å². The first-order valence-electron chi connectivity index (χ1n) is 7.89. The number of benzene rings is 2. The number of carbonyl (C=O) groups is 2. The molecule has 6 nitrogen and oxygen atoms in total. The van der Waals surface area contributed by atoms with Crippen molar-refractivity contribution in [2.75, 3.05) is 26.8 Å². The van der Waals surface area contributed by atoms with E-state index >= 15 is 0 Å². The minimum absolute atomic E-state index is 0.214. The average molecular weight is 343 g/mol. The van der Waals surface area contributed by atoms with E-state index in [9.17, 15) is 9.59 Å². The van der Waals surface area contributed by atoms with Gasteiger partial charge in [-0.3, -0.25) is 9.59 Å². The monoisotopic (exact) mass is 343 g/mol. The number of ether oxygens (including phenoxy) is 2. The number of carboxylic acids is 1. The Balaban J connectivity index is 1.91. The smallest absolute Gasteiger partial charge is 0.323 e. The Kier molecular flexibility index (Phi) is 6.83. The summed E-state index contributed by atoms with van der Waals surface area (Å²) < 4.78 is 10.5. The van der Waals surface area contributed by atoms with Gasteiger partial charge in [0, 0.05) is 6.54 Å². The maximum Gasteiger partial charge on any atom is 0.323 e. The first kappa shape index (κ1) is 18.3. The van der Waals surface area contributed by atoms with Crippen LogP contribution in [0, 0.1) is 0 Å². The van der Waals surface area contributed by atoms with Gasteiger partial charge in [0.05, 0.1) is 7.11 Å². The van der Waals surface area contributed by atoms with E-state index in [1.54, 1.807) is 31.4 Å². The first-order valence-corrected chi connectivity index (χ1v) is 7.89. The normalized spacial score (nSPS) is 10.1. The summed E-state index contributed by atoms with van der Waals surface area (Å²) in [6.07, 6.45) is 0.586. The third-order valence-electron chi connectivity index (χ3n) is 3.61. The number of aliphatic carboxylic acids is 1. The van der Waals surface area contributed by atoms with Gasteiger partial charge < -0.3 is 19.5 Å². The van der Waals surface area contributed by atoms with Crippen LogP contribution in [-0.4, -0.2) is 48.7 Å². The molecule has 1 N–H and O–H groups in total. The van der Waals surface area contributed by atoms with Crippen LogP contribution in [0.5, 0.6) is 11.5 Å². The van der Waals surface area contributed by atoms with Crippen molar-refractivity contribution in [2.24, 2.45) is 0 Å². The summed E-state index contributed by atoms with van der Waals surface area (Å²) in [4.78, 5) is 24.6. The Morgan fingerprint density at radius 3 is 2.24 bits per heavy atom. The minimum atomic E-state index is -1.05. The molecule has 0 fully saturated rings. The lowest BCUT2D eigenvalue weighted by atomic mass is 10.1. The van der Waals surface area contributed by atoms with Gasteiger partial charge in [-0.15, -0.1) is 0 Å². The van der Waals surface area contributed by atoms with Gasteiger partial charge in [-0.2, -0.15) is 0 Å². The summed E-state index contributed by atoms with van der Waals surface area (Å²) in [5, 5.41) is 9.02. The average Bonchev–Trinajstić information content (AvgIpc) is 2.64. The van der Waals surface area contributed by atoms with Crippen molar-refractivity contribution in [3.05, 3.63) is 60.2 Å². The maximum atomic E-state index is 12.3. The fraction of sp³-hybridized carbons (Fsp3) is 0.263. The van der Waals surface area contributed by atoms with Gasteiger partial charge in [-0.05, 0) is 36.2 Å². The fourth-order valence-electron chi connectivity index (χ4n) is 2.27. The molecule has 0 saturated heterocycles. The van der Waals surface area contributed by atoms with Crippen molar-refractivity contribution < 1.29 is 24.2 Å². The number of amides is 1. The quantitative estimate of drug-likeness (QED) is 0.756. The molecule has 0 atom stereocenters. The van der Waals surface area contributed by atoms with Gasteiger partial charge in [-0.1, -0.05) is 30.3 Å². The Labute approximate surface area is 146 Å². The molecule has 0 aliphatic carbocycles. The van der Waals surface area contributed by atoms with E-state index in [4.69, 9.17) is 14.6 Å². The van der Waals surface area contributed by atoms with E-state index in [1.165, 1.54) is 4.90 Å². The molecule has 0 spiro atoms. The minimum Gasteiger partial charge on any atom is -0.497 e. The highest BCUT2D eigenvalue weighted by atomic mass is 16.5. The topological polar surface area (TPSA) is 76.1 Å². The third kappa shape index (κ3) is 6.18. The zero-order chi connectivity index (χ0) is 18.1. The summed E-state index contributed by atoms with van der Waals surface area (Å²) in [6, 6.07) is 16.4. The van der Waals surface area contributed by atoms with Crippen molar-refractivity contribution >= 4 is 11.9 Å². The van der Waals surface area contributed by atoms with Crippen molar-refractivity contribution in [3.63, 3.8) is 0 Å². The highest BCUT2D eigenvalue weighted by Crippen LogP contribution is 2.17. The molecule has 2 aromatic rings. The molecule has 0 saturated carbocycles. The molecule has 0 heterocycles. The summed E-state index contributed by atoms with van der Waals surface area (Å²) in [6.45, 7) is -0.243. The van der Waals surface area contributed by atoms with Crippen LogP contribution in [0.4, 0.5) is 0 Å². The molecule has 6 heteroatoms. The second-order valence-electron chi connectivity index (χ2n) is 5.41. The number of carbonyl (C=O) groups excluding carboxylic acids is 1. The predicted octanol–water partition coefficient (Wildman–Crippen LogP) is 2.23. The van der Waals surface area contributed by atoms with E-state index in [1.807, 2.05) is 30.3 Å². The number of nitrogens with zero attached hydrogens (tertiary/aromatic N) is 1. The van der Waals surface area contributed by atoms with Gasteiger partial charge in [0.25, 0.3) is 5.91 Å². The van der Waals surface area contributed by atoms with Crippen LogP contribution in [0.1, 0.15) is 5.56 Å². The van der Waals surface area contributed by atoms with Gasteiger partial charge in [-0.25, -0.2) is 0 Å². The van der Waals surface area contributed by atoms with Gasteiger partial charge >= 0.3 is 5.97 Å². The predicted molar refractivity (Wildman–Crippen MR) is 92.9 cm³/mol. The third-order valence-corrected chi connectivity index (χ3v) is 3.61. The standard InChI is InChI=1S/C19H21NO5/c1-24-16-7-9-17(10-8-16)25-14-18(21)20(13-19(22)23)12-11-15-5-3-2-4-6-15/h2-10H,11-14H2,1H3,(H,22,23). The summed E-state index contributed by atoms with van der Waals surface area (Å²) >= 11 is 0. The maximum absolute atomic E-state index is 12.3. The number of carboxylic acid groups (broad SMARTS) is 1. The van der Waals surface area contributed by atoms with Crippen molar-refractivity contribution in [1.29, 1.82) is 0 Å². The second-order valence-corrected chi connectivity index (χ2v) is 5.41. The fourth-order valence-corrected chi connectivity index (χ4v) is 2.27. The van der Waals surface area contributed by atoms with Crippen LogP contribution in [-0.2, 0) is 16.0 Å². The second kappa shape index (κ2) is 9.32. The molecule has 2 aromatic carbocycles. The molecule has 0 aromatic heterocycles. The van der Waals surface area contributed by atoms with Gasteiger partial charge in [0.2, 0.25) is 0 Å². The summed E-state index contributed by atoms with van der Waals surface area (Å²) in [7, 11) is 1.57. The van der Waals surface area contributed by atoms with Gasteiger partial charge in [0.1, 0.15) is 18.0 Å². The molecule has 2 rings (SSSR count). The van der Waals surface area contributed by atoms with Crippen LogP contribution in [0.3, 0.4) is 0 Å². The summed E-state index contributed by atoms with van der Waals surface area (Å²) in [5.41, 5.74) is 1.04. The lowest BCUT2D eigenvalue weighted by Crippen LogP contribution is -2.40. The Bertz CT molecular complexity index is 685. The molecule has 0 aliphatic heterocycles. The van der Waals surface area contributed by atoms with Crippen molar-refractivity contribution in [2.45, 2.75) is 6.42 Å². The molecular formula is C19H21NO5. The van der Waals surface area contributed by atoms with Crippen molar-refractivity contribution in [1.82, 2.24) is 4.90 Å². The molecule has 0 aliphatic rings. The van der Waals surface area contributed by atoms with Crippen LogP contribution in [0.25, 0.3) is 0 Å². The molecular weight excluding hydrogens is 322 g/mol. The summed E-state index contributed by atoms with van der Waals surface area (Å²) in [5.74, 6) is -0.207. The number of hydrogen-bond acceptors (Lipinski definition) is 4. The number of rotatable bonds is 9. The molecule has 25 heavy (non-hydrogen) atoms. The van der Waals surface area contributed by atoms with E-state index < -0.39 is 5.97 Å². The zero-order valence-electron chi connectivity index (χ0n) is 14.1. The van der Waals surface area contributed by atoms with E-state index in [2.05, 4.69) is 0 Å². The van der Waals surface area contributed by atoms with Crippen molar-refractivity contribution in [3.8, 4) is 11.5 Å². The lowest BCUT2D eigenvalue weighted by molar-refractivity contribution is -0.145. The SMILES string of the molecule is COc1ccc(OCC(=O)N(CCc2ccccc2)CC(=O)O)cc1. The Morgan fingerprint density at radius 2 is 1.64 bits per heavy atom. The zero-order valence-corrected chi connectivity index (χ0v) is 14.1. The first-order chi connectivity index (χ1) is 12.1. The number of methoxy groups -OCH3 is 1. The largest absolute Gasteiger partial charge is 0.497 e. The molecule has 1 amide bonds. The lowest BCUT2D eigenvalue weighted by Gasteiger charge is -2.21. The highest BCUT2D eigenvalue weighted by Gasteiger charge is 2.17. The number of hydrogen-bond donors (Lipinski definition) is 1.